The first-order valence-electron chi connectivity index (χ1n) is 5.40. The van der Waals surface area contributed by atoms with Crippen LogP contribution in [0, 0.1) is 6.92 Å². The molecule has 90 valence electrons. The van der Waals surface area contributed by atoms with E-state index >= 15 is 0 Å². The van der Waals surface area contributed by atoms with E-state index in [-0.39, 0.29) is 5.97 Å². The molecular weight excluding hydrogens is 206 g/mol. The molecule has 0 spiro atoms. The Kier molecular flexibility index (Phi) is 3.75. The van der Waals surface area contributed by atoms with Crippen molar-refractivity contribution in [1.82, 2.24) is 0 Å². The molecule has 0 bridgehead atoms. The molecule has 0 aliphatic rings. The van der Waals surface area contributed by atoms with Crippen LogP contribution in [0.2, 0.25) is 0 Å². The summed E-state index contributed by atoms with van der Waals surface area (Å²) >= 11 is 0. The number of furan rings is 1. The molecular formula is C12H20NO3+. The van der Waals surface area contributed by atoms with Gasteiger partial charge < -0.3 is 13.6 Å². The summed E-state index contributed by atoms with van der Waals surface area (Å²) in [5.41, 5.74) is 0.533. The Morgan fingerprint density at radius 3 is 2.56 bits per heavy atom. The number of hydrogen-bond donors (Lipinski definition) is 0. The van der Waals surface area contributed by atoms with Crippen LogP contribution in [-0.2, 0) is 11.3 Å². The minimum Gasteiger partial charge on any atom is -0.462 e. The van der Waals surface area contributed by atoms with Crippen LogP contribution in [0.1, 0.15) is 28.8 Å². The highest BCUT2D eigenvalue weighted by atomic mass is 16.5. The first-order valence-corrected chi connectivity index (χ1v) is 5.40. The Morgan fingerprint density at radius 1 is 1.44 bits per heavy atom. The predicted molar refractivity (Wildman–Crippen MR) is 61.1 cm³/mol. The lowest BCUT2D eigenvalue weighted by Gasteiger charge is -2.22. The van der Waals surface area contributed by atoms with Gasteiger partial charge >= 0.3 is 5.97 Å². The number of quaternary nitrogens is 1. The van der Waals surface area contributed by atoms with E-state index in [1.807, 2.05) is 0 Å². The van der Waals surface area contributed by atoms with Gasteiger partial charge in [-0.15, -0.1) is 0 Å². The molecule has 0 saturated heterocycles. The van der Waals surface area contributed by atoms with Gasteiger partial charge in [0.1, 0.15) is 17.9 Å². The summed E-state index contributed by atoms with van der Waals surface area (Å²) in [6.07, 6.45) is 0. The van der Waals surface area contributed by atoms with Gasteiger partial charge in [0.2, 0.25) is 0 Å². The van der Waals surface area contributed by atoms with Crippen molar-refractivity contribution in [2.45, 2.75) is 20.4 Å². The number of rotatable bonds is 4. The summed E-state index contributed by atoms with van der Waals surface area (Å²) in [6.45, 7) is 4.71. The van der Waals surface area contributed by atoms with E-state index in [2.05, 4.69) is 21.1 Å². The highest BCUT2D eigenvalue weighted by molar-refractivity contribution is 5.90. The lowest BCUT2D eigenvalue weighted by Crippen LogP contribution is -2.33. The normalized spacial score (nSPS) is 11.6. The first-order chi connectivity index (χ1) is 7.33. The quantitative estimate of drug-likeness (QED) is 0.582. The van der Waals surface area contributed by atoms with Crippen molar-refractivity contribution in [3.8, 4) is 0 Å². The van der Waals surface area contributed by atoms with Gasteiger partial charge in [-0.1, -0.05) is 0 Å². The fraction of sp³-hybridized carbons (Fsp3) is 0.583. The number of hydrogen-bond acceptors (Lipinski definition) is 3. The lowest BCUT2D eigenvalue weighted by molar-refractivity contribution is -0.884. The second kappa shape index (κ2) is 4.70. The molecule has 0 aliphatic heterocycles. The standard InChI is InChI=1S/C12H20NO3/c1-6-15-12(14)11-7-10(16-9(11)2)8-13(3,4)5/h7H,6,8H2,1-5H3/q+1. The second-order valence-electron chi connectivity index (χ2n) is 4.85. The van der Waals surface area contributed by atoms with Gasteiger partial charge in [-0.2, -0.15) is 0 Å². The van der Waals surface area contributed by atoms with E-state index in [0.717, 1.165) is 16.8 Å². The van der Waals surface area contributed by atoms with Crippen LogP contribution in [-0.4, -0.2) is 38.2 Å². The molecule has 1 aromatic rings. The van der Waals surface area contributed by atoms with Crippen molar-refractivity contribution in [3.63, 3.8) is 0 Å². The fourth-order valence-corrected chi connectivity index (χ4v) is 1.50. The van der Waals surface area contributed by atoms with Gasteiger partial charge in [-0.3, -0.25) is 0 Å². The van der Waals surface area contributed by atoms with Crippen molar-refractivity contribution in [2.75, 3.05) is 27.7 Å². The Hall–Kier alpha value is -1.29. The Morgan fingerprint density at radius 2 is 2.06 bits per heavy atom. The van der Waals surface area contributed by atoms with Gasteiger partial charge in [-0.25, -0.2) is 4.79 Å². The molecule has 16 heavy (non-hydrogen) atoms. The molecule has 1 aromatic heterocycles. The van der Waals surface area contributed by atoms with Crippen LogP contribution >= 0.6 is 0 Å². The van der Waals surface area contributed by atoms with E-state index in [1.165, 1.54) is 0 Å². The number of aryl methyl sites for hydroxylation is 1. The maximum Gasteiger partial charge on any atom is 0.341 e. The summed E-state index contributed by atoms with van der Waals surface area (Å²) in [6, 6.07) is 1.77. The van der Waals surface area contributed by atoms with Crippen LogP contribution in [0.3, 0.4) is 0 Å². The summed E-state index contributed by atoms with van der Waals surface area (Å²) in [5.74, 6) is 1.13. The van der Waals surface area contributed by atoms with Crippen molar-refractivity contribution in [3.05, 3.63) is 23.2 Å². The summed E-state index contributed by atoms with van der Waals surface area (Å²) < 4.78 is 11.2. The third-order valence-corrected chi connectivity index (χ3v) is 2.09. The minimum absolute atomic E-state index is 0.309. The highest BCUT2D eigenvalue weighted by Crippen LogP contribution is 2.18. The van der Waals surface area contributed by atoms with E-state index in [1.54, 1.807) is 19.9 Å². The Labute approximate surface area is 96.4 Å². The van der Waals surface area contributed by atoms with Crippen LogP contribution < -0.4 is 0 Å². The van der Waals surface area contributed by atoms with Crippen molar-refractivity contribution < 1.29 is 18.4 Å². The maximum atomic E-state index is 11.6. The van der Waals surface area contributed by atoms with Crippen molar-refractivity contribution >= 4 is 5.97 Å². The maximum absolute atomic E-state index is 11.6. The molecule has 1 heterocycles. The summed E-state index contributed by atoms with van der Waals surface area (Å²) in [7, 11) is 6.21. The predicted octanol–water partition coefficient (Wildman–Crippen LogP) is 1.97. The second-order valence-corrected chi connectivity index (χ2v) is 4.85. The van der Waals surface area contributed by atoms with Crippen LogP contribution in [0.25, 0.3) is 0 Å². The largest absolute Gasteiger partial charge is 0.462 e. The Balaban J connectivity index is 2.86. The van der Waals surface area contributed by atoms with Crippen LogP contribution in [0.4, 0.5) is 0 Å². The van der Waals surface area contributed by atoms with Gasteiger partial charge in [0, 0.05) is 6.07 Å². The number of esters is 1. The molecule has 0 amide bonds. The van der Waals surface area contributed by atoms with Crippen molar-refractivity contribution in [2.24, 2.45) is 0 Å². The smallest absolute Gasteiger partial charge is 0.341 e. The molecule has 0 radical (unpaired) electrons. The van der Waals surface area contributed by atoms with Gasteiger partial charge in [0.15, 0.2) is 5.76 Å². The van der Waals surface area contributed by atoms with Gasteiger partial charge in [0.05, 0.1) is 27.7 Å². The number of nitrogens with zero attached hydrogens (tertiary/aromatic N) is 1. The number of ether oxygens (including phenoxy) is 1. The molecule has 1 rings (SSSR count). The van der Waals surface area contributed by atoms with Crippen LogP contribution in [0.15, 0.2) is 10.5 Å². The monoisotopic (exact) mass is 226 g/mol. The van der Waals surface area contributed by atoms with E-state index in [0.29, 0.717) is 17.9 Å². The molecule has 4 nitrogen and oxygen atoms in total. The molecule has 0 aromatic carbocycles. The summed E-state index contributed by atoms with van der Waals surface area (Å²) in [5, 5.41) is 0. The number of carbonyl (C=O) groups is 1. The molecule has 0 aliphatic carbocycles. The molecule has 0 atom stereocenters. The number of carbonyl (C=O) groups excluding carboxylic acids is 1. The Bertz CT molecular complexity index is 374. The highest BCUT2D eigenvalue weighted by Gasteiger charge is 2.19. The van der Waals surface area contributed by atoms with Gasteiger partial charge in [0.25, 0.3) is 0 Å². The topological polar surface area (TPSA) is 39.4 Å². The van der Waals surface area contributed by atoms with Gasteiger partial charge in [-0.05, 0) is 13.8 Å². The molecule has 0 unspecified atom stereocenters. The zero-order valence-electron chi connectivity index (χ0n) is 10.7. The minimum atomic E-state index is -0.309. The van der Waals surface area contributed by atoms with Crippen molar-refractivity contribution in [1.29, 1.82) is 0 Å². The van der Waals surface area contributed by atoms with Crippen LogP contribution in [0.5, 0.6) is 0 Å². The zero-order chi connectivity index (χ0) is 12.3. The molecule has 0 saturated carbocycles. The van der Waals surface area contributed by atoms with E-state index in [9.17, 15) is 4.79 Å². The molecule has 0 N–H and O–H groups in total. The third-order valence-electron chi connectivity index (χ3n) is 2.09. The SMILES string of the molecule is CCOC(=O)c1cc(C[N+](C)(C)C)oc1C. The molecule has 4 heteroatoms. The first kappa shape index (κ1) is 12.8. The third kappa shape index (κ3) is 3.38. The fourth-order valence-electron chi connectivity index (χ4n) is 1.50. The molecule has 0 fully saturated rings. The van der Waals surface area contributed by atoms with E-state index in [4.69, 9.17) is 9.15 Å². The van der Waals surface area contributed by atoms with E-state index < -0.39 is 0 Å². The average molecular weight is 226 g/mol. The summed E-state index contributed by atoms with van der Waals surface area (Å²) in [4.78, 5) is 11.6. The lowest BCUT2D eigenvalue weighted by atomic mass is 10.2. The zero-order valence-corrected chi connectivity index (χ0v) is 10.7. The average Bonchev–Trinajstić information content (AvgIpc) is 2.44.